The average Bonchev–Trinajstić information content (AvgIpc) is 2.34. The van der Waals surface area contributed by atoms with Crippen LogP contribution in [0.5, 0.6) is 0 Å². The fourth-order valence-corrected chi connectivity index (χ4v) is 2.07. The molecule has 1 heterocycles. The van der Waals surface area contributed by atoms with E-state index in [9.17, 15) is 0 Å². The Bertz CT molecular complexity index is 562. The fourth-order valence-electron chi connectivity index (χ4n) is 2.07. The molecule has 0 radical (unpaired) electrons. The van der Waals surface area contributed by atoms with E-state index in [4.69, 9.17) is 0 Å². The molecule has 94 valence electrons. The van der Waals surface area contributed by atoms with Gasteiger partial charge in [0.25, 0.3) is 0 Å². The van der Waals surface area contributed by atoms with Crippen molar-refractivity contribution in [1.82, 2.24) is 9.97 Å². The molecule has 0 aliphatic heterocycles. The maximum atomic E-state index is 4.60. The minimum atomic E-state index is 0.801. The number of benzene rings is 1. The van der Waals surface area contributed by atoms with Crippen molar-refractivity contribution in [2.75, 3.05) is 11.9 Å². The van der Waals surface area contributed by atoms with Crippen LogP contribution in [-0.4, -0.2) is 16.5 Å². The second kappa shape index (κ2) is 5.17. The van der Waals surface area contributed by atoms with Gasteiger partial charge in [0, 0.05) is 17.7 Å². The molecule has 0 atom stereocenters. The molecule has 0 aliphatic carbocycles. The molecule has 3 nitrogen and oxygen atoms in total. The number of aryl methyl sites for hydroxylation is 2. The summed E-state index contributed by atoms with van der Waals surface area (Å²) < 4.78 is 0. The number of hydrogen-bond donors (Lipinski definition) is 1. The monoisotopic (exact) mass is 241 g/mol. The Hall–Kier alpha value is -1.90. The van der Waals surface area contributed by atoms with Crippen molar-refractivity contribution < 1.29 is 0 Å². The van der Waals surface area contributed by atoms with Gasteiger partial charge in [-0.15, -0.1) is 0 Å². The van der Waals surface area contributed by atoms with Crippen molar-refractivity contribution in [3.63, 3.8) is 0 Å². The first kappa shape index (κ1) is 12.6. The number of hydrogen-bond acceptors (Lipinski definition) is 3. The van der Waals surface area contributed by atoms with Gasteiger partial charge in [-0.3, -0.25) is 0 Å². The zero-order chi connectivity index (χ0) is 13.1. The van der Waals surface area contributed by atoms with Crippen molar-refractivity contribution in [2.24, 2.45) is 0 Å². The maximum absolute atomic E-state index is 4.60. The molecule has 0 unspecified atom stereocenters. The molecule has 1 aromatic heterocycles. The van der Waals surface area contributed by atoms with Gasteiger partial charge in [0.2, 0.25) is 0 Å². The van der Waals surface area contributed by atoms with Gasteiger partial charge >= 0.3 is 0 Å². The molecule has 2 rings (SSSR count). The molecule has 18 heavy (non-hydrogen) atoms. The lowest BCUT2D eigenvalue weighted by atomic mass is 10.0. The van der Waals surface area contributed by atoms with Gasteiger partial charge in [-0.25, -0.2) is 9.97 Å². The Kier molecular flexibility index (Phi) is 3.60. The minimum Gasteiger partial charge on any atom is -0.370 e. The van der Waals surface area contributed by atoms with Crippen LogP contribution in [0, 0.1) is 20.8 Å². The Morgan fingerprint density at radius 1 is 1.06 bits per heavy atom. The van der Waals surface area contributed by atoms with E-state index in [1.165, 1.54) is 11.1 Å². The third-order valence-electron chi connectivity index (χ3n) is 3.00. The van der Waals surface area contributed by atoms with E-state index in [1.54, 1.807) is 0 Å². The van der Waals surface area contributed by atoms with Crippen molar-refractivity contribution >= 4 is 5.82 Å². The highest BCUT2D eigenvalue weighted by molar-refractivity contribution is 5.70. The van der Waals surface area contributed by atoms with Gasteiger partial charge in [-0.1, -0.05) is 24.3 Å². The summed E-state index contributed by atoms with van der Waals surface area (Å²) in [6, 6.07) is 8.32. The van der Waals surface area contributed by atoms with Gasteiger partial charge in [-0.05, 0) is 33.3 Å². The van der Waals surface area contributed by atoms with Crippen LogP contribution in [0.2, 0.25) is 0 Å². The van der Waals surface area contributed by atoms with Crippen LogP contribution >= 0.6 is 0 Å². The lowest BCUT2D eigenvalue weighted by molar-refractivity contribution is 1.02. The molecule has 0 fully saturated rings. The van der Waals surface area contributed by atoms with Crippen molar-refractivity contribution in [1.29, 1.82) is 0 Å². The quantitative estimate of drug-likeness (QED) is 0.893. The van der Waals surface area contributed by atoms with Crippen LogP contribution in [-0.2, 0) is 0 Å². The number of rotatable bonds is 3. The van der Waals surface area contributed by atoms with E-state index in [0.717, 1.165) is 29.4 Å². The first-order valence-corrected chi connectivity index (χ1v) is 6.28. The molecular formula is C15H19N3. The second-order valence-corrected chi connectivity index (χ2v) is 4.44. The van der Waals surface area contributed by atoms with Crippen LogP contribution in [0.15, 0.2) is 24.3 Å². The Morgan fingerprint density at radius 3 is 2.44 bits per heavy atom. The highest BCUT2D eigenvalue weighted by Gasteiger charge is 2.11. The van der Waals surface area contributed by atoms with E-state index in [2.05, 4.69) is 48.2 Å². The Morgan fingerprint density at radius 2 is 1.78 bits per heavy atom. The third kappa shape index (κ3) is 2.35. The zero-order valence-corrected chi connectivity index (χ0v) is 11.4. The van der Waals surface area contributed by atoms with Crippen molar-refractivity contribution in [2.45, 2.75) is 27.7 Å². The van der Waals surface area contributed by atoms with Gasteiger partial charge < -0.3 is 5.32 Å². The highest BCUT2D eigenvalue weighted by Crippen LogP contribution is 2.27. The molecule has 0 aliphatic rings. The molecule has 0 bridgehead atoms. The summed E-state index contributed by atoms with van der Waals surface area (Å²) in [5, 5.41) is 3.30. The SMILES string of the molecule is CCNc1nc(C)nc(-c2ccccc2C)c1C. The molecule has 1 N–H and O–H groups in total. The Balaban J connectivity index is 2.61. The molecular weight excluding hydrogens is 222 g/mol. The van der Waals surface area contributed by atoms with E-state index in [0.29, 0.717) is 0 Å². The lowest BCUT2D eigenvalue weighted by Crippen LogP contribution is -2.06. The summed E-state index contributed by atoms with van der Waals surface area (Å²) in [6.07, 6.45) is 0. The number of aromatic nitrogens is 2. The highest BCUT2D eigenvalue weighted by atomic mass is 15.0. The summed E-state index contributed by atoms with van der Waals surface area (Å²) in [7, 11) is 0. The van der Waals surface area contributed by atoms with E-state index < -0.39 is 0 Å². The van der Waals surface area contributed by atoms with E-state index in [-0.39, 0.29) is 0 Å². The molecule has 2 aromatic rings. The standard InChI is InChI=1S/C15H19N3/c1-5-16-15-11(3)14(17-12(4)18-15)13-9-7-6-8-10(13)2/h6-9H,5H2,1-4H3,(H,16,17,18). The lowest BCUT2D eigenvalue weighted by Gasteiger charge is -2.13. The molecule has 0 spiro atoms. The summed E-state index contributed by atoms with van der Waals surface area (Å²) in [4.78, 5) is 9.05. The summed E-state index contributed by atoms with van der Waals surface area (Å²) >= 11 is 0. The number of nitrogens with zero attached hydrogens (tertiary/aromatic N) is 2. The molecule has 0 saturated carbocycles. The second-order valence-electron chi connectivity index (χ2n) is 4.44. The predicted octanol–water partition coefficient (Wildman–Crippen LogP) is 3.50. The van der Waals surface area contributed by atoms with Gasteiger partial charge in [-0.2, -0.15) is 0 Å². The molecule has 0 amide bonds. The fraction of sp³-hybridized carbons (Fsp3) is 0.333. The predicted molar refractivity (Wildman–Crippen MR) is 75.8 cm³/mol. The number of anilines is 1. The van der Waals surface area contributed by atoms with Gasteiger partial charge in [0.05, 0.1) is 5.69 Å². The third-order valence-corrected chi connectivity index (χ3v) is 3.00. The van der Waals surface area contributed by atoms with Crippen molar-refractivity contribution in [3.8, 4) is 11.3 Å². The molecule has 0 saturated heterocycles. The largest absolute Gasteiger partial charge is 0.370 e. The first-order valence-electron chi connectivity index (χ1n) is 6.28. The minimum absolute atomic E-state index is 0.801. The topological polar surface area (TPSA) is 37.8 Å². The van der Waals surface area contributed by atoms with E-state index >= 15 is 0 Å². The number of nitrogens with one attached hydrogen (secondary N) is 1. The van der Waals surface area contributed by atoms with E-state index in [1.807, 2.05) is 19.1 Å². The summed E-state index contributed by atoms with van der Waals surface area (Å²) in [6.45, 7) is 9.05. The van der Waals surface area contributed by atoms with Crippen LogP contribution < -0.4 is 5.32 Å². The van der Waals surface area contributed by atoms with Crippen LogP contribution in [0.3, 0.4) is 0 Å². The van der Waals surface area contributed by atoms with Crippen molar-refractivity contribution in [3.05, 3.63) is 41.2 Å². The normalized spacial score (nSPS) is 10.4. The van der Waals surface area contributed by atoms with Crippen LogP contribution in [0.1, 0.15) is 23.9 Å². The smallest absolute Gasteiger partial charge is 0.133 e. The first-order chi connectivity index (χ1) is 8.63. The molecule has 3 heteroatoms. The van der Waals surface area contributed by atoms with Crippen LogP contribution in [0.25, 0.3) is 11.3 Å². The van der Waals surface area contributed by atoms with Gasteiger partial charge in [0.15, 0.2) is 0 Å². The molecule has 1 aromatic carbocycles. The maximum Gasteiger partial charge on any atom is 0.133 e. The zero-order valence-electron chi connectivity index (χ0n) is 11.4. The Labute approximate surface area is 108 Å². The average molecular weight is 241 g/mol. The van der Waals surface area contributed by atoms with Gasteiger partial charge in [0.1, 0.15) is 11.6 Å². The van der Waals surface area contributed by atoms with Crippen LogP contribution in [0.4, 0.5) is 5.82 Å². The summed E-state index contributed by atoms with van der Waals surface area (Å²) in [5.74, 6) is 1.73. The summed E-state index contributed by atoms with van der Waals surface area (Å²) in [5.41, 5.74) is 4.55.